The van der Waals surface area contributed by atoms with Gasteiger partial charge < -0.3 is 10.4 Å². The van der Waals surface area contributed by atoms with Crippen molar-refractivity contribution in [2.75, 3.05) is 13.1 Å². The van der Waals surface area contributed by atoms with Gasteiger partial charge in [-0.2, -0.15) is 0 Å². The lowest BCUT2D eigenvalue weighted by molar-refractivity contribution is 0.101. The smallest absolute Gasteiger partial charge is 0.404 e. The number of amides is 1. The summed E-state index contributed by atoms with van der Waals surface area (Å²) < 4.78 is 0. The van der Waals surface area contributed by atoms with E-state index < -0.39 is 6.09 Å². The molecule has 6 nitrogen and oxygen atoms in total. The summed E-state index contributed by atoms with van der Waals surface area (Å²) in [5.41, 5.74) is 1.50. The molecule has 0 spiro atoms. The average Bonchev–Trinajstić information content (AvgIpc) is 2.38. The Bertz CT molecular complexity index is 504. The molecule has 6 heteroatoms. The molecule has 1 aromatic rings. The first-order chi connectivity index (χ1) is 9.54. The summed E-state index contributed by atoms with van der Waals surface area (Å²) in [5.74, 6) is -0.0454. The molecule has 2 rings (SSSR count). The molecule has 0 saturated carbocycles. The van der Waals surface area contributed by atoms with Gasteiger partial charge in [-0.05, 0) is 37.1 Å². The van der Waals surface area contributed by atoms with E-state index in [4.69, 9.17) is 5.11 Å². The van der Waals surface area contributed by atoms with Crippen molar-refractivity contribution < 1.29 is 14.7 Å². The molecule has 2 N–H and O–H groups in total. The Morgan fingerprint density at radius 2 is 2.35 bits per heavy atom. The van der Waals surface area contributed by atoms with Crippen LogP contribution in [0.2, 0.25) is 0 Å². The topological polar surface area (TPSA) is 82.5 Å². The van der Waals surface area contributed by atoms with E-state index in [0.29, 0.717) is 18.8 Å². The second-order valence-electron chi connectivity index (χ2n) is 5.13. The average molecular weight is 277 g/mol. The number of hydrogen-bond donors (Lipinski definition) is 2. The second-order valence-corrected chi connectivity index (χ2v) is 5.13. The molecular weight excluding hydrogens is 258 g/mol. The second kappa shape index (κ2) is 6.47. The van der Waals surface area contributed by atoms with Crippen molar-refractivity contribution in [3.8, 4) is 0 Å². The zero-order valence-electron chi connectivity index (χ0n) is 11.5. The summed E-state index contributed by atoms with van der Waals surface area (Å²) >= 11 is 0. The first kappa shape index (κ1) is 14.5. The van der Waals surface area contributed by atoms with Crippen LogP contribution < -0.4 is 5.32 Å². The molecule has 1 fully saturated rings. The maximum atomic E-state index is 11.3. The molecule has 108 valence electrons. The van der Waals surface area contributed by atoms with Crippen LogP contribution in [0, 0.1) is 0 Å². The van der Waals surface area contributed by atoms with Crippen molar-refractivity contribution in [1.82, 2.24) is 15.2 Å². The number of aromatic nitrogens is 1. The van der Waals surface area contributed by atoms with E-state index in [1.807, 2.05) is 6.07 Å². The molecule has 1 saturated heterocycles. The summed E-state index contributed by atoms with van der Waals surface area (Å²) in [4.78, 5) is 28.2. The maximum absolute atomic E-state index is 11.3. The van der Waals surface area contributed by atoms with Crippen LogP contribution in [0.3, 0.4) is 0 Å². The van der Waals surface area contributed by atoms with E-state index >= 15 is 0 Å². The molecule has 0 radical (unpaired) electrons. The highest BCUT2D eigenvalue weighted by Gasteiger charge is 2.21. The third kappa shape index (κ3) is 4.03. The number of nitrogens with one attached hydrogen (secondary N) is 1. The lowest BCUT2D eigenvalue weighted by Crippen LogP contribution is -2.46. The van der Waals surface area contributed by atoms with E-state index in [-0.39, 0.29) is 11.8 Å². The molecular formula is C14H19N3O3. The molecule has 1 unspecified atom stereocenters. The number of carboxylic acid groups (broad SMARTS) is 1. The number of piperidine rings is 1. The molecule has 1 aromatic heterocycles. The summed E-state index contributed by atoms with van der Waals surface area (Å²) in [6.45, 7) is 3.85. The lowest BCUT2D eigenvalue weighted by atomic mass is 10.0. The number of nitrogens with zero attached hydrogens (tertiary/aromatic N) is 2. The molecule has 0 aromatic carbocycles. The Morgan fingerprint density at radius 3 is 3.05 bits per heavy atom. The quantitative estimate of drug-likeness (QED) is 0.815. The molecule has 1 amide bonds. The Hall–Kier alpha value is -1.95. The predicted molar refractivity (Wildman–Crippen MR) is 73.7 cm³/mol. The van der Waals surface area contributed by atoms with Crippen LogP contribution in [-0.2, 0) is 6.54 Å². The first-order valence-corrected chi connectivity index (χ1v) is 6.72. The highest BCUT2D eigenvalue weighted by atomic mass is 16.4. The SMILES string of the molecule is CC(=O)c1cc(CN2CCCC(NC(=O)O)C2)ccn1. The van der Waals surface area contributed by atoms with E-state index in [1.54, 1.807) is 12.3 Å². The minimum absolute atomic E-state index is 0.0182. The van der Waals surface area contributed by atoms with Gasteiger partial charge in [-0.25, -0.2) is 4.79 Å². The van der Waals surface area contributed by atoms with Crippen LogP contribution >= 0.6 is 0 Å². The normalized spacial score (nSPS) is 19.6. The molecule has 1 aliphatic heterocycles. The lowest BCUT2D eigenvalue weighted by Gasteiger charge is -2.32. The zero-order chi connectivity index (χ0) is 14.5. The highest BCUT2D eigenvalue weighted by Crippen LogP contribution is 2.14. The number of pyridine rings is 1. The number of carbonyl (C=O) groups is 2. The predicted octanol–water partition coefficient (Wildman–Crippen LogP) is 1.52. The van der Waals surface area contributed by atoms with Gasteiger partial charge in [0.25, 0.3) is 0 Å². The van der Waals surface area contributed by atoms with Crippen molar-refractivity contribution in [3.63, 3.8) is 0 Å². The summed E-state index contributed by atoms with van der Waals surface area (Å²) in [5, 5.41) is 11.3. The van der Waals surface area contributed by atoms with Gasteiger partial charge in [0.15, 0.2) is 5.78 Å². The number of ketones is 1. The fourth-order valence-electron chi connectivity index (χ4n) is 2.51. The Balaban J connectivity index is 1.97. The Morgan fingerprint density at radius 1 is 1.55 bits per heavy atom. The number of carbonyl (C=O) groups excluding carboxylic acids is 1. The monoisotopic (exact) mass is 277 g/mol. The van der Waals surface area contributed by atoms with E-state index in [1.165, 1.54) is 6.92 Å². The third-order valence-electron chi connectivity index (χ3n) is 3.42. The van der Waals surface area contributed by atoms with Gasteiger partial charge >= 0.3 is 6.09 Å². The molecule has 1 aliphatic rings. The maximum Gasteiger partial charge on any atom is 0.404 e. The van der Waals surface area contributed by atoms with Gasteiger partial charge in [0.2, 0.25) is 0 Å². The number of Topliss-reactive ketones (excluding diaryl/α,β-unsaturated/α-hetero) is 1. The van der Waals surface area contributed by atoms with Gasteiger partial charge in [-0.1, -0.05) is 0 Å². The number of likely N-dealkylation sites (tertiary alicyclic amines) is 1. The summed E-state index contributed by atoms with van der Waals surface area (Å²) in [6, 6.07) is 3.67. The van der Waals surface area contributed by atoms with Crippen LogP contribution in [0.5, 0.6) is 0 Å². The zero-order valence-corrected chi connectivity index (χ0v) is 11.5. The molecule has 20 heavy (non-hydrogen) atoms. The molecule has 2 heterocycles. The van der Waals surface area contributed by atoms with Crippen molar-refractivity contribution in [1.29, 1.82) is 0 Å². The van der Waals surface area contributed by atoms with Crippen LogP contribution in [0.4, 0.5) is 4.79 Å². The van der Waals surface area contributed by atoms with Crippen LogP contribution in [0.1, 0.15) is 35.8 Å². The molecule has 0 bridgehead atoms. The van der Waals surface area contributed by atoms with Crippen molar-refractivity contribution in [2.24, 2.45) is 0 Å². The van der Waals surface area contributed by atoms with Crippen LogP contribution in [0.25, 0.3) is 0 Å². The largest absolute Gasteiger partial charge is 0.465 e. The van der Waals surface area contributed by atoms with Gasteiger partial charge in [0, 0.05) is 32.3 Å². The number of hydrogen-bond acceptors (Lipinski definition) is 4. The highest BCUT2D eigenvalue weighted by molar-refractivity contribution is 5.92. The minimum Gasteiger partial charge on any atom is -0.465 e. The first-order valence-electron chi connectivity index (χ1n) is 6.72. The van der Waals surface area contributed by atoms with Gasteiger partial charge in [0.1, 0.15) is 5.69 Å². The summed E-state index contributed by atoms with van der Waals surface area (Å²) in [6.07, 6.45) is 2.51. The van der Waals surface area contributed by atoms with E-state index in [0.717, 1.165) is 24.9 Å². The fourth-order valence-corrected chi connectivity index (χ4v) is 2.51. The minimum atomic E-state index is -0.973. The van der Waals surface area contributed by atoms with Crippen LogP contribution in [-0.4, -0.2) is 46.0 Å². The molecule has 0 aliphatic carbocycles. The molecule has 1 atom stereocenters. The Labute approximate surface area is 117 Å². The summed E-state index contributed by atoms with van der Waals surface area (Å²) in [7, 11) is 0. The van der Waals surface area contributed by atoms with E-state index in [9.17, 15) is 9.59 Å². The van der Waals surface area contributed by atoms with Crippen molar-refractivity contribution >= 4 is 11.9 Å². The third-order valence-corrected chi connectivity index (χ3v) is 3.42. The van der Waals surface area contributed by atoms with Gasteiger partial charge in [-0.15, -0.1) is 0 Å². The number of rotatable bonds is 4. The van der Waals surface area contributed by atoms with Crippen molar-refractivity contribution in [3.05, 3.63) is 29.6 Å². The van der Waals surface area contributed by atoms with E-state index in [2.05, 4.69) is 15.2 Å². The Kier molecular flexibility index (Phi) is 4.68. The van der Waals surface area contributed by atoms with Crippen molar-refractivity contribution in [2.45, 2.75) is 32.4 Å². The standard InChI is InChI=1S/C14H19N3O3/c1-10(18)13-7-11(4-5-15-13)8-17-6-2-3-12(9-17)16-14(19)20/h4-5,7,12,16H,2-3,6,8-9H2,1H3,(H,19,20). The van der Waals surface area contributed by atoms with Gasteiger partial charge in [0.05, 0.1) is 0 Å². The van der Waals surface area contributed by atoms with Crippen LogP contribution in [0.15, 0.2) is 18.3 Å². The van der Waals surface area contributed by atoms with Gasteiger partial charge in [-0.3, -0.25) is 14.7 Å². The fraction of sp³-hybridized carbons (Fsp3) is 0.500.